The maximum Gasteiger partial charge on any atom is 0.251 e. The molecular formula is C15H23N3O. The third-order valence-electron chi connectivity index (χ3n) is 3.98. The Bertz CT molecular complexity index is 443. The lowest BCUT2D eigenvalue weighted by atomic mass is 9.90. The van der Waals surface area contributed by atoms with E-state index in [-0.39, 0.29) is 11.3 Å². The molecule has 19 heavy (non-hydrogen) atoms. The van der Waals surface area contributed by atoms with Gasteiger partial charge in [0.15, 0.2) is 0 Å². The van der Waals surface area contributed by atoms with Crippen LogP contribution in [-0.4, -0.2) is 37.5 Å². The predicted molar refractivity (Wildman–Crippen MR) is 76.9 cm³/mol. The van der Waals surface area contributed by atoms with Crippen molar-refractivity contribution in [2.24, 2.45) is 11.1 Å². The van der Waals surface area contributed by atoms with Crippen molar-refractivity contribution in [3.63, 3.8) is 0 Å². The minimum absolute atomic E-state index is 0.0385. The van der Waals surface area contributed by atoms with Gasteiger partial charge in [0.25, 0.3) is 5.91 Å². The zero-order chi connectivity index (χ0) is 13.9. The molecule has 4 heteroatoms. The summed E-state index contributed by atoms with van der Waals surface area (Å²) >= 11 is 0. The number of amides is 1. The molecule has 0 aliphatic carbocycles. The number of carbonyl (C=O) groups is 1. The van der Waals surface area contributed by atoms with Crippen molar-refractivity contribution < 1.29 is 4.79 Å². The number of hydrogen-bond acceptors (Lipinski definition) is 3. The molecule has 1 aliphatic rings. The molecule has 0 radical (unpaired) electrons. The average molecular weight is 261 g/mol. The molecule has 0 spiro atoms. The highest BCUT2D eigenvalue weighted by molar-refractivity contribution is 5.93. The Morgan fingerprint density at radius 1 is 1.42 bits per heavy atom. The van der Waals surface area contributed by atoms with Gasteiger partial charge in [-0.25, -0.2) is 0 Å². The largest absolute Gasteiger partial charge is 0.355 e. The van der Waals surface area contributed by atoms with Crippen molar-refractivity contribution in [3.05, 3.63) is 35.4 Å². The van der Waals surface area contributed by atoms with Crippen LogP contribution in [0.1, 0.15) is 29.3 Å². The quantitative estimate of drug-likeness (QED) is 0.856. The Morgan fingerprint density at radius 2 is 2.11 bits per heavy atom. The number of likely N-dealkylation sites (tertiary alicyclic amines) is 1. The highest BCUT2D eigenvalue weighted by Gasteiger charge is 2.32. The zero-order valence-corrected chi connectivity index (χ0v) is 11.8. The van der Waals surface area contributed by atoms with Gasteiger partial charge in [-0.2, -0.15) is 0 Å². The fourth-order valence-corrected chi connectivity index (χ4v) is 2.59. The number of nitrogens with two attached hydrogens (primary N) is 1. The first-order valence-electron chi connectivity index (χ1n) is 6.80. The van der Waals surface area contributed by atoms with Crippen molar-refractivity contribution in [1.82, 2.24) is 10.2 Å². The average Bonchev–Trinajstić information content (AvgIpc) is 2.81. The molecule has 1 unspecified atom stereocenters. The minimum atomic E-state index is -0.0385. The van der Waals surface area contributed by atoms with Gasteiger partial charge >= 0.3 is 0 Å². The summed E-state index contributed by atoms with van der Waals surface area (Å²) in [6, 6.07) is 7.82. The first-order chi connectivity index (χ1) is 9.06. The van der Waals surface area contributed by atoms with E-state index in [0.29, 0.717) is 5.56 Å². The number of hydrogen-bond donors (Lipinski definition) is 2. The van der Waals surface area contributed by atoms with Crippen LogP contribution in [0.5, 0.6) is 0 Å². The van der Waals surface area contributed by atoms with Gasteiger partial charge in [-0.05, 0) is 42.6 Å². The molecule has 0 aromatic heterocycles. The monoisotopic (exact) mass is 261 g/mol. The van der Waals surface area contributed by atoms with Crippen molar-refractivity contribution >= 4 is 5.91 Å². The van der Waals surface area contributed by atoms with Crippen LogP contribution in [0.25, 0.3) is 0 Å². The van der Waals surface area contributed by atoms with Crippen molar-refractivity contribution in [2.45, 2.75) is 19.9 Å². The standard InChI is InChI=1S/C15H23N3O/c1-15(10-16)7-8-18(11-15)9-12-3-5-13(6-4-12)14(19)17-2/h3-6H,7-11,16H2,1-2H3,(H,17,19). The number of rotatable bonds is 4. The first-order valence-corrected chi connectivity index (χ1v) is 6.80. The summed E-state index contributed by atoms with van der Waals surface area (Å²) in [5.74, 6) is -0.0385. The summed E-state index contributed by atoms with van der Waals surface area (Å²) in [5, 5.41) is 2.63. The molecule has 104 valence electrons. The van der Waals surface area contributed by atoms with Gasteiger partial charge in [0, 0.05) is 25.7 Å². The molecule has 1 aromatic carbocycles. The van der Waals surface area contributed by atoms with E-state index >= 15 is 0 Å². The Morgan fingerprint density at radius 3 is 2.63 bits per heavy atom. The van der Waals surface area contributed by atoms with Crippen LogP contribution in [0.3, 0.4) is 0 Å². The van der Waals surface area contributed by atoms with Crippen LogP contribution in [0.4, 0.5) is 0 Å². The smallest absolute Gasteiger partial charge is 0.251 e. The molecule has 1 atom stereocenters. The van der Waals surface area contributed by atoms with Gasteiger partial charge in [-0.15, -0.1) is 0 Å². The van der Waals surface area contributed by atoms with Crippen LogP contribution >= 0.6 is 0 Å². The van der Waals surface area contributed by atoms with Crippen LogP contribution in [-0.2, 0) is 6.54 Å². The maximum atomic E-state index is 11.5. The third kappa shape index (κ3) is 3.33. The number of benzene rings is 1. The summed E-state index contributed by atoms with van der Waals surface area (Å²) in [5.41, 5.74) is 8.04. The molecule has 2 rings (SSSR count). The normalized spacial score (nSPS) is 23.5. The molecule has 3 N–H and O–H groups in total. The van der Waals surface area contributed by atoms with E-state index in [1.807, 2.05) is 24.3 Å². The van der Waals surface area contributed by atoms with Crippen LogP contribution in [0, 0.1) is 5.41 Å². The summed E-state index contributed by atoms with van der Waals surface area (Å²) in [4.78, 5) is 13.9. The van der Waals surface area contributed by atoms with Gasteiger partial charge < -0.3 is 11.1 Å². The number of carbonyl (C=O) groups excluding carboxylic acids is 1. The van der Waals surface area contributed by atoms with Gasteiger partial charge in [-0.3, -0.25) is 9.69 Å². The third-order valence-corrected chi connectivity index (χ3v) is 3.98. The van der Waals surface area contributed by atoms with Crippen molar-refractivity contribution in [1.29, 1.82) is 0 Å². The fraction of sp³-hybridized carbons (Fsp3) is 0.533. The second-order valence-corrected chi connectivity index (χ2v) is 5.75. The lowest BCUT2D eigenvalue weighted by Crippen LogP contribution is -2.31. The lowest BCUT2D eigenvalue weighted by molar-refractivity contribution is 0.0963. The number of nitrogens with one attached hydrogen (secondary N) is 1. The fourth-order valence-electron chi connectivity index (χ4n) is 2.59. The molecule has 0 bridgehead atoms. The van der Waals surface area contributed by atoms with E-state index in [0.717, 1.165) is 26.2 Å². The predicted octanol–water partition coefficient (Wildman–Crippen LogP) is 1.22. The minimum Gasteiger partial charge on any atom is -0.355 e. The summed E-state index contributed by atoms with van der Waals surface area (Å²) in [7, 11) is 1.65. The Labute approximate surface area is 115 Å². The Hall–Kier alpha value is -1.39. The Kier molecular flexibility index (Phi) is 4.22. The Balaban J connectivity index is 1.96. The van der Waals surface area contributed by atoms with E-state index in [4.69, 9.17) is 5.73 Å². The van der Waals surface area contributed by atoms with Crippen LogP contribution in [0.2, 0.25) is 0 Å². The molecule has 1 aromatic rings. The van der Waals surface area contributed by atoms with Crippen molar-refractivity contribution in [2.75, 3.05) is 26.7 Å². The van der Waals surface area contributed by atoms with Gasteiger partial charge in [0.2, 0.25) is 0 Å². The topological polar surface area (TPSA) is 58.4 Å². The molecule has 1 fully saturated rings. The molecule has 0 saturated carbocycles. The van der Waals surface area contributed by atoms with Gasteiger partial charge in [0.1, 0.15) is 0 Å². The van der Waals surface area contributed by atoms with E-state index < -0.39 is 0 Å². The summed E-state index contributed by atoms with van der Waals surface area (Å²) in [6.07, 6.45) is 1.17. The highest BCUT2D eigenvalue weighted by Crippen LogP contribution is 2.29. The maximum absolute atomic E-state index is 11.5. The second-order valence-electron chi connectivity index (χ2n) is 5.75. The SMILES string of the molecule is CNC(=O)c1ccc(CN2CCC(C)(CN)C2)cc1. The van der Waals surface area contributed by atoms with Crippen LogP contribution < -0.4 is 11.1 Å². The van der Waals surface area contributed by atoms with Crippen LogP contribution in [0.15, 0.2) is 24.3 Å². The van der Waals surface area contributed by atoms with E-state index in [1.54, 1.807) is 7.05 Å². The summed E-state index contributed by atoms with van der Waals surface area (Å²) < 4.78 is 0. The lowest BCUT2D eigenvalue weighted by Gasteiger charge is -2.22. The molecule has 4 nitrogen and oxygen atoms in total. The summed E-state index contributed by atoms with van der Waals surface area (Å²) in [6.45, 7) is 6.09. The van der Waals surface area contributed by atoms with E-state index in [9.17, 15) is 4.79 Å². The molecule has 1 saturated heterocycles. The van der Waals surface area contributed by atoms with E-state index in [2.05, 4.69) is 17.1 Å². The second kappa shape index (κ2) is 5.72. The van der Waals surface area contributed by atoms with Gasteiger partial charge in [-0.1, -0.05) is 19.1 Å². The zero-order valence-electron chi connectivity index (χ0n) is 11.8. The van der Waals surface area contributed by atoms with Gasteiger partial charge in [0.05, 0.1) is 0 Å². The highest BCUT2D eigenvalue weighted by atomic mass is 16.1. The molecular weight excluding hydrogens is 238 g/mol. The number of nitrogens with zero attached hydrogens (tertiary/aromatic N) is 1. The van der Waals surface area contributed by atoms with E-state index in [1.165, 1.54) is 12.0 Å². The molecule has 1 heterocycles. The molecule has 1 amide bonds. The van der Waals surface area contributed by atoms with Crippen molar-refractivity contribution in [3.8, 4) is 0 Å². The first kappa shape index (κ1) is 14.0. The molecule has 1 aliphatic heterocycles.